The predicted octanol–water partition coefficient (Wildman–Crippen LogP) is 3.82. The number of rotatable bonds is 4. The summed E-state index contributed by atoms with van der Waals surface area (Å²) in [5.74, 6) is 1.64. The molecular weight excluding hydrogens is 315 g/mol. The van der Waals surface area contributed by atoms with Gasteiger partial charge in [-0.1, -0.05) is 11.8 Å². The SMILES string of the molecule is Fc1ccc(-c2cnc(SCc3cn4cccnc4n3)o2)cc1. The Morgan fingerprint density at radius 3 is 2.87 bits per heavy atom. The molecule has 5 nitrogen and oxygen atoms in total. The van der Waals surface area contributed by atoms with E-state index < -0.39 is 0 Å². The van der Waals surface area contributed by atoms with Crippen LogP contribution in [0.1, 0.15) is 5.69 Å². The van der Waals surface area contributed by atoms with E-state index in [2.05, 4.69) is 15.0 Å². The zero-order valence-electron chi connectivity index (χ0n) is 11.9. The Balaban J connectivity index is 1.48. The lowest BCUT2D eigenvalue weighted by Gasteiger charge is -1.95. The lowest BCUT2D eigenvalue weighted by Crippen LogP contribution is -1.83. The molecule has 0 saturated heterocycles. The molecule has 114 valence electrons. The van der Waals surface area contributed by atoms with Gasteiger partial charge in [-0.05, 0) is 30.3 Å². The van der Waals surface area contributed by atoms with Gasteiger partial charge in [-0.3, -0.25) is 4.40 Å². The first kappa shape index (κ1) is 14.0. The van der Waals surface area contributed by atoms with Crippen molar-refractivity contribution >= 4 is 17.5 Å². The van der Waals surface area contributed by atoms with Crippen LogP contribution in [0.4, 0.5) is 4.39 Å². The second kappa shape index (κ2) is 5.85. The van der Waals surface area contributed by atoms with Crippen molar-refractivity contribution in [2.24, 2.45) is 0 Å². The van der Waals surface area contributed by atoms with Crippen LogP contribution in [0.15, 0.2) is 64.8 Å². The summed E-state index contributed by atoms with van der Waals surface area (Å²) in [5.41, 5.74) is 1.69. The zero-order chi connectivity index (χ0) is 15.6. The smallest absolute Gasteiger partial charge is 0.256 e. The maximum absolute atomic E-state index is 12.9. The number of halogens is 1. The largest absolute Gasteiger partial charge is 0.431 e. The summed E-state index contributed by atoms with van der Waals surface area (Å²) in [6.45, 7) is 0. The van der Waals surface area contributed by atoms with Crippen molar-refractivity contribution in [2.45, 2.75) is 11.0 Å². The van der Waals surface area contributed by atoms with E-state index in [0.717, 1.165) is 11.3 Å². The van der Waals surface area contributed by atoms with Crippen LogP contribution in [-0.4, -0.2) is 19.4 Å². The highest BCUT2D eigenvalue weighted by atomic mass is 32.2. The van der Waals surface area contributed by atoms with Gasteiger partial charge in [0.1, 0.15) is 5.82 Å². The molecule has 0 N–H and O–H groups in total. The highest BCUT2D eigenvalue weighted by Crippen LogP contribution is 2.27. The van der Waals surface area contributed by atoms with Crippen LogP contribution >= 0.6 is 11.8 Å². The van der Waals surface area contributed by atoms with E-state index in [1.807, 2.05) is 22.9 Å². The second-order valence-corrected chi connectivity index (χ2v) is 5.77. The molecule has 3 aromatic heterocycles. The van der Waals surface area contributed by atoms with Gasteiger partial charge in [-0.15, -0.1) is 0 Å². The first-order valence-electron chi connectivity index (χ1n) is 6.91. The lowest BCUT2D eigenvalue weighted by atomic mass is 10.2. The summed E-state index contributed by atoms with van der Waals surface area (Å²) in [6.07, 6.45) is 7.18. The minimum absolute atomic E-state index is 0.275. The number of oxazole rings is 1. The summed E-state index contributed by atoms with van der Waals surface area (Å²) >= 11 is 1.45. The normalized spacial score (nSPS) is 11.2. The van der Waals surface area contributed by atoms with E-state index >= 15 is 0 Å². The summed E-state index contributed by atoms with van der Waals surface area (Å²) in [5, 5.41) is 0.550. The minimum atomic E-state index is -0.275. The van der Waals surface area contributed by atoms with Crippen molar-refractivity contribution in [3.05, 3.63) is 66.6 Å². The van der Waals surface area contributed by atoms with Gasteiger partial charge < -0.3 is 4.42 Å². The van der Waals surface area contributed by atoms with Crippen LogP contribution in [0.5, 0.6) is 0 Å². The van der Waals surface area contributed by atoms with E-state index in [-0.39, 0.29) is 5.82 Å². The topological polar surface area (TPSA) is 56.2 Å². The van der Waals surface area contributed by atoms with Crippen LogP contribution in [0.3, 0.4) is 0 Å². The molecule has 0 aliphatic heterocycles. The quantitative estimate of drug-likeness (QED) is 0.534. The number of aromatic nitrogens is 4. The molecule has 0 bridgehead atoms. The van der Waals surface area contributed by atoms with Gasteiger partial charge in [0.05, 0.1) is 11.9 Å². The monoisotopic (exact) mass is 326 g/mol. The van der Waals surface area contributed by atoms with E-state index in [1.54, 1.807) is 24.5 Å². The van der Waals surface area contributed by atoms with Crippen LogP contribution in [-0.2, 0) is 5.75 Å². The van der Waals surface area contributed by atoms with Crippen LogP contribution < -0.4 is 0 Å². The Morgan fingerprint density at radius 1 is 1.17 bits per heavy atom. The van der Waals surface area contributed by atoms with Gasteiger partial charge in [0, 0.05) is 29.9 Å². The van der Waals surface area contributed by atoms with Crippen molar-refractivity contribution in [1.29, 1.82) is 0 Å². The van der Waals surface area contributed by atoms with Gasteiger partial charge in [0.25, 0.3) is 5.22 Å². The molecule has 0 aliphatic rings. The van der Waals surface area contributed by atoms with E-state index in [4.69, 9.17) is 4.42 Å². The molecule has 0 spiro atoms. The van der Waals surface area contributed by atoms with Crippen molar-refractivity contribution in [3.63, 3.8) is 0 Å². The van der Waals surface area contributed by atoms with Crippen LogP contribution in [0, 0.1) is 5.82 Å². The molecular formula is C16H11FN4OS. The number of benzene rings is 1. The lowest BCUT2D eigenvalue weighted by molar-refractivity contribution is 0.466. The summed E-state index contributed by atoms with van der Waals surface area (Å²) in [7, 11) is 0. The minimum Gasteiger partial charge on any atom is -0.431 e. The molecule has 23 heavy (non-hydrogen) atoms. The maximum atomic E-state index is 12.9. The molecule has 0 aliphatic carbocycles. The van der Waals surface area contributed by atoms with Crippen molar-refractivity contribution in [2.75, 3.05) is 0 Å². The van der Waals surface area contributed by atoms with Gasteiger partial charge in [-0.25, -0.2) is 19.3 Å². The third-order valence-electron chi connectivity index (χ3n) is 3.24. The third kappa shape index (κ3) is 2.95. The molecule has 3 heterocycles. The number of fused-ring (bicyclic) bond motifs is 1. The van der Waals surface area contributed by atoms with Crippen LogP contribution in [0.25, 0.3) is 17.1 Å². The number of hydrogen-bond donors (Lipinski definition) is 0. The van der Waals surface area contributed by atoms with Crippen molar-refractivity contribution < 1.29 is 8.81 Å². The molecule has 0 unspecified atom stereocenters. The summed E-state index contributed by atoms with van der Waals surface area (Å²) in [6, 6.07) is 7.98. The highest BCUT2D eigenvalue weighted by molar-refractivity contribution is 7.98. The Labute approximate surface area is 135 Å². The van der Waals surface area contributed by atoms with E-state index in [1.165, 1.54) is 23.9 Å². The number of imidazole rings is 1. The third-order valence-corrected chi connectivity index (χ3v) is 4.12. The van der Waals surface area contributed by atoms with Crippen molar-refractivity contribution in [3.8, 4) is 11.3 Å². The van der Waals surface area contributed by atoms with Gasteiger partial charge in [0.2, 0.25) is 5.78 Å². The second-order valence-electron chi connectivity index (χ2n) is 4.85. The molecule has 4 aromatic rings. The van der Waals surface area contributed by atoms with Gasteiger partial charge in [0.15, 0.2) is 5.76 Å². The first-order chi connectivity index (χ1) is 11.3. The van der Waals surface area contributed by atoms with Gasteiger partial charge >= 0.3 is 0 Å². The Hall–Kier alpha value is -2.67. The average Bonchev–Trinajstić information content (AvgIpc) is 3.20. The molecule has 7 heteroatoms. The molecule has 0 amide bonds. The highest BCUT2D eigenvalue weighted by Gasteiger charge is 2.09. The molecule has 4 rings (SSSR count). The Kier molecular flexibility index (Phi) is 3.55. The Bertz CT molecular complexity index is 915. The summed E-state index contributed by atoms with van der Waals surface area (Å²) in [4.78, 5) is 12.8. The fourth-order valence-corrected chi connectivity index (χ4v) is 2.84. The molecule has 0 saturated carbocycles. The molecule has 0 fully saturated rings. The van der Waals surface area contributed by atoms with Gasteiger partial charge in [-0.2, -0.15) is 0 Å². The zero-order valence-corrected chi connectivity index (χ0v) is 12.7. The van der Waals surface area contributed by atoms with Crippen LogP contribution in [0.2, 0.25) is 0 Å². The predicted molar refractivity (Wildman–Crippen MR) is 84.4 cm³/mol. The fourth-order valence-electron chi connectivity index (χ4n) is 2.16. The number of thioether (sulfide) groups is 1. The molecule has 0 radical (unpaired) electrons. The number of hydrogen-bond acceptors (Lipinski definition) is 5. The average molecular weight is 326 g/mol. The molecule has 0 atom stereocenters. The van der Waals surface area contributed by atoms with E-state index in [9.17, 15) is 4.39 Å². The maximum Gasteiger partial charge on any atom is 0.256 e. The molecule has 1 aromatic carbocycles. The standard InChI is InChI=1S/C16H11FN4OS/c17-12-4-2-11(3-5-12)14-8-19-16(22-14)23-10-13-9-21-7-1-6-18-15(21)20-13/h1-9H,10H2. The Morgan fingerprint density at radius 2 is 2.04 bits per heavy atom. The first-order valence-corrected chi connectivity index (χ1v) is 7.90. The summed E-state index contributed by atoms with van der Waals surface area (Å²) < 4.78 is 20.5. The number of nitrogens with zero attached hydrogens (tertiary/aromatic N) is 4. The van der Waals surface area contributed by atoms with E-state index in [0.29, 0.717) is 22.5 Å². The fraction of sp³-hybridized carbons (Fsp3) is 0.0625. The van der Waals surface area contributed by atoms with Crippen molar-refractivity contribution in [1.82, 2.24) is 19.4 Å².